The Morgan fingerprint density at radius 1 is 1.19 bits per heavy atom. The first-order valence-corrected chi connectivity index (χ1v) is 9.28. The molecule has 8 nitrogen and oxygen atoms in total. The van der Waals surface area contributed by atoms with Gasteiger partial charge in [0, 0.05) is 12.5 Å². The molecule has 0 rings (SSSR count). The van der Waals surface area contributed by atoms with Gasteiger partial charge in [-0.3, -0.25) is 4.79 Å². The molecule has 0 bridgehead atoms. The third-order valence-corrected chi connectivity index (χ3v) is 4.20. The second-order valence-corrected chi connectivity index (χ2v) is 6.97. The smallest absolute Gasteiger partial charge is 0.460 e. The van der Waals surface area contributed by atoms with Crippen molar-refractivity contribution in [2.75, 3.05) is 6.61 Å². The Hall–Kier alpha value is -1.92. The third kappa shape index (κ3) is 10.7. The number of unbranched alkanes of at least 4 members (excludes halogenated alkanes) is 2. The van der Waals surface area contributed by atoms with Crippen LogP contribution in [-0.4, -0.2) is 49.9 Å². The molecule has 2 unspecified atom stereocenters. The van der Waals surface area contributed by atoms with Crippen LogP contribution in [0.3, 0.4) is 0 Å². The lowest BCUT2D eigenvalue weighted by atomic mass is 10.1. The highest BCUT2D eigenvalue weighted by atomic mass is 32.2. The SMILES string of the molecule is C=CC(=O)OCC(CCCCCC(=O)NS(=O)(=O)C(F)(F)F)OC(O)C=C. The van der Waals surface area contributed by atoms with Crippen LogP contribution in [-0.2, 0) is 29.1 Å². The lowest BCUT2D eigenvalue weighted by Crippen LogP contribution is -2.40. The lowest BCUT2D eigenvalue weighted by molar-refractivity contribution is -0.153. The second-order valence-electron chi connectivity index (χ2n) is 5.29. The number of carbonyl (C=O) groups excluding carboxylic acids is 2. The van der Waals surface area contributed by atoms with E-state index >= 15 is 0 Å². The molecule has 1 amide bonds. The summed E-state index contributed by atoms with van der Waals surface area (Å²) in [5.74, 6) is -1.94. The van der Waals surface area contributed by atoms with Gasteiger partial charge in [0.1, 0.15) is 6.61 Å². The van der Waals surface area contributed by atoms with Crippen molar-refractivity contribution in [1.29, 1.82) is 0 Å². The number of aliphatic hydroxyl groups is 1. The van der Waals surface area contributed by atoms with Crippen LogP contribution in [0.4, 0.5) is 13.2 Å². The van der Waals surface area contributed by atoms with Crippen molar-refractivity contribution in [3.63, 3.8) is 0 Å². The van der Waals surface area contributed by atoms with E-state index in [1.165, 1.54) is 0 Å². The molecular formula is C15H22F3NO7S. The van der Waals surface area contributed by atoms with E-state index in [9.17, 15) is 36.3 Å². The van der Waals surface area contributed by atoms with Gasteiger partial charge in [0.05, 0.1) is 6.10 Å². The van der Waals surface area contributed by atoms with Gasteiger partial charge < -0.3 is 14.6 Å². The van der Waals surface area contributed by atoms with E-state index in [4.69, 9.17) is 9.47 Å². The summed E-state index contributed by atoms with van der Waals surface area (Å²) in [6.45, 7) is 6.39. The number of hydrogen-bond donors (Lipinski definition) is 2. The molecule has 0 heterocycles. The quantitative estimate of drug-likeness (QED) is 0.153. The monoisotopic (exact) mass is 417 g/mol. The molecule has 156 valence electrons. The first kappa shape index (κ1) is 25.1. The number of sulfonamides is 1. The van der Waals surface area contributed by atoms with E-state index in [1.807, 2.05) is 0 Å². The number of amides is 1. The van der Waals surface area contributed by atoms with E-state index < -0.39 is 46.2 Å². The minimum absolute atomic E-state index is 0.127. The molecule has 0 saturated heterocycles. The van der Waals surface area contributed by atoms with E-state index in [1.54, 1.807) is 0 Å². The van der Waals surface area contributed by atoms with Gasteiger partial charge in [-0.2, -0.15) is 21.6 Å². The molecule has 0 radical (unpaired) electrons. The minimum Gasteiger partial charge on any atom is -0.460 e. The van der Waals surface area contributed by atoms with Gasteiger partial charge >= 0.3 is 21.5 Å². The number of hydrogen-bond acceptors (Lipinski definition) is 7. The fraction of sp³-hybridized carbons (Fsp3) is 0.600. The van der Waals surface area contributed by atoms with Gasteiger partial charge in [0.25, 0.3) is 0 Å². The van der Waals surface area contributed by atoms with Gasteiger partial charge in [0.15, 0.2) is 6.29 Å². The van der Waals surface area contributed by atoms with E-state index in [0.29, 0.717) is 19.3 Å². The van der Waals surface area contributed by atoms with E-state index in [2.05, 4.69) is 13.2 Å². The molecule has 0 fully saturated rings. The Bertz CT molecular complexity index is 619. The van der Waals surface area contributed by atoms with E-state index in [0.717, 1.165) is 16.9 Å². The molecule has 0 aromatic heterocycles. The predicted molar refractivity (Wildman–Crippen MR) is 88.4 cm³/mol. The normalized spacial score (nSPS) is 14.1. The van der Waals surface area contributed by atoms with Gasteiger partial charge in [-0.15, -0.1) is 0 Å². The number of ether oxygens (including phenoxy) is 2. The number of alkyl halides is 3. The zero-order valence-electron chi connectivity index (χ0n) is 14.4. The summed E-state index contributed by atoms with van der Waals surface area (Å²) in [6, 6.07) is 0. The molecular weight excluding hydrogens is 395 g/mol. The van der Waals surface area contributed by atoms with Crippen molar-refractivity contribution in [3.05, 3.63) is 25.3 Å². The summed E-state index contributed by atoms with van der Waals surface area (Å²) in [4.78, 5) is 22.3. The molecule has 0 aromatic carbocycles. The van der Waals surface area contributed by atoms with Crippen molar-refractivity contribution < 1.29 is 45.8 Å². The summed E-state index contributed by atoms with van der Waals surface area (Å²) in [6.07, 6.45) is 0.903. The molecule has 0 aliphatic rings. The molecule has 0 saturated carbocycles. The second kappa shape index (κ2) is 11.7. The summed E-state index contributed by atoms with van der Waals surface area (Å²) < 4.78 is 68.8. The average molecular weight is 417 g/mol. The fourth-order valence-electron chi connectivity index (χ4n) is 1.77. The number of nitrogens with one attached hydrogen (secondary N) is 1. The van der Waals surface area contributed by atoms with Crippen LogP contribution in [0.5, 0.6) is 0 Å². The topological polar surface area (TPSA) is 119 Å². The maximum absolute atomic E-state index is 12.1. The Kier molecular flexibility index (Phi) is 10.9. The van der Waals surface area contributed by atoms with Crippen LogP contribution in [0.25, 0.3) is 0 Å². The molecule has 12 heteroatoms. The van der Waals surface area contributed by atoms with Crippen LogP contribution < -0.4 is 4.72 Å². The molecule has 2 atom stereocenters. The summed E-state index contributed by atoms with van der Waals surface area (Å²) in [5, 5.41) is 9.40. The Labute approximate surface area is 155 Å². The van der Waals surface area contributed by atoms with Gasteiger partial charge in [0.2, 0.25) is 5.91 Å². The highest BCUT2D eigenvalue weighted by molar-refractivity contribution is 7.90. The van der Waals surface area contributed by atoms with Crippen molar-refractivity contribution >= 4 is 21.9 Å². The average Bonchev–Trinajstić information content (AvgIpc) is 2.56. The van der Waals surface area contributed by atoms with Gasteiger partial charge in [-0.1, -0.05) is 26.0 Å². The molecule has 2 N–H and O–H groups in total. The first-order valence-electron chi connectivity index (χ1n) is 7.80. The van der Waals surface area contributed by atoms with Crippen LogP contribution in [0, 0.1) is 0 Å². The molecule has 0 spiro atoms. The van der Waals surface area contributed by atoms with Gasteiger partial charge in [-0.25, -0.2) is 9.52 Å². The molecule has 0 aliphatic heterocycles. The van der Waals surface area contributed by atoms with Crippen LogP contribution in [0.1, 0.15) is 32.1 Å². The zero-order chi connectivity index (χ0) is 21.1. The number of aliphatic hydroxyl groups excluding tert-OH is 1. The largest absolute Gasteiger partial charge is 0.516 e. The van der Waals surface area contributed by atoms with Crippen molar-refractivity contribution in [1.82, 2.24) is 4.72 Å². The van der Waals surface area contributed by atoms with Crippen LogP contribution in [0.15, 0.2) is 25.3 Å². The number of rotatable bonds is 13. The number of esters is 1. The first-order chi connectivity index (χ1) is 12.4. The Morgan fingerprint density at radius 2 is 1.81 bits per heavy atom. The number of halogens is 3. The number of carbonyl (C=O) groups is 2. The van der Waals surface area contributed by atoms with Gasteiger partial charge in [-0.05, 0) is 18.9 Å². The summed E-state index contributed by atoms with van der Waals surface area (Å²) >= 11 is 0. The van der Waals surface area contributed by atoms with Crippen molar-refractivity contribution in [2.45, 2.75) is 50.0 Å². The maximum atomic E-state index is 12.1. The highest BCUT2D eigenvalue weighted by Crippen LogP contribution is 2.21. The van der Waals surface area contributed by atoms with Crippen LogP contribution >= 0.6 is 0 Å². The van der Waals surface area contributed by atoms with E-state index in [-0.39, 0.29) is 13.0 Å². The Morgan fingerprint density at radius 3 is 2.33 bits per heavy atom. The molecule has 0 aliphatic carbocycles. The van der Waals surface area contributed by atoms with Crippen molar-refractivity contribution in [3.8, 4) is 0 Å². The standard InChI is InChI=1S/C15H22F3NO7S/c1-3-13(21)25-10-11(26-14(22)4-2)8-6-5-7-9-12(20)19-27(23,24)15(16,17)18/h3-4,11,14,22H,1-2,5-10H2,(H,19,20). The third-order valence-electron chi connectivity index (χ3n) is 3.09. The summed E-state index contributed by atoms with van der Waals surface area (Å²) in [5.41, 5.74) is -5.55. The predicted octanol–water partition coefficient (Wildman–Crippen LogP) is 1.52. The lowest BCUT2D eigenvalue weighted by Gasteiger charge is -2.19. The highest BCUT2D eigenvalue weighted by Gasteiger charge is 2.46. The molecule has 0 aromatic rings. The van der Waals surface area contributed by atoms with Crippen molar-refractivity contribution in [2.24, 2.45) is 0 Å². The summed E-state index contributed by atoms with van der Waals surface area (Å²) in [7, 11) is -5.70. The van der Waals surface area contributed by atoms with Crippen LogP contribution in [0.2, 0.25) is 0 Å². The zero-order valence-corrected chi connectivity index (χ0v) is 15.2. The molecule has 27 heavy (non-hydrogen) atoms. The Balaban J connectivity index is 4.28. The minimum atomic E-state index is -5.70. The fourth-order valence-corrected chi connectivity index (χ4v) is 2.29. The maximum Gasteiger partial charge on any atom is 0.516 e.